The van der Waals surface area contributed by atoms with Gasteiger partial charge in [-0.2, -0.15) is 0 Å². The summed E-state index contributed by atoms with van der Waals surface area (Å²) in [5.74, 6) is 2.62. The molecule has 0 aliphatic rings. The van der Waals surface area contributed by atoms with Gasteiger partial charge in [-0.25, -0.2) is 0 Å². The molecular weight excluding hydrogens is 132 g/mol. The first-order valence-electron chi connectivity index (χ1n) is 4.50. The summed E-state index contributed by atoms with van der Waals surface area (Å²) in [5, 5.41) is 0. The van der Waals surface area contributed by atoms with Gasteiger partial charge < -0.3 is 0 Å². The number of terminal acetylenes is 1. The predicted molar refractivity (Wildman–Crippen MR) is 51.3 cm³/mol. The molecule has 0 heteroatoms. The summed E-state index contributed by atoms with van der Waals surface area (Å²) in [5.41, 5.74) is 0. The molecule has 0 aliphatic heterocycles. The first-order chi connectivity index (χ1) is 5.41. The van der Waals surface area contributed by atoms with Gasteiger partial charge in [0.25, 0.3) is 0 Å². The minimum atomic E-state index is 0.879. The molecule has 0 aliphatic carbocycles. The Balaban J connectivity index is 2.98. The molecule has 0 saturated carbocycles. The number of hydrogen-bond donors (Lipinski definition) is 0. The fraction of sp³-hybridized carbons (Fsp3) is 0.636. The number of allylic oxidation sites excluding steroid dienone is 2. The third-order valence-electron chi connectivity index (χ3n) is 1.60. The molecule has 0 bridgehead atoms. The Labute approximate surface area is 70.7 Å². The summed E-state index contributed by atoms with van der Waals surface area (Å²) in [6.45, 7) is 2.22. The highest BCUT2D eigenvalue weighted by Crippen LogP contribution is 2.00. The van der Waals surface area contributed by atoms with Crippen LogP contribution in [-0.2, 0) is 0 Å². The van der Waals surface area contributed by atoms with E-state index in [-0.39, 0.29) is 0 Å². The quantitative estimate of drug-likeness (QED) is 0.308. The van der Waals surface area contributed by atoms with Crippen LogP contribution in [0.25, 0.3) is 0 Å². The largest absolute Gasteiger partial charge is 0.120 e. The average molecular weight is 150 g/mol. The highest BCUT2D eigenvalue weighted by Gasteiger charge is 1.80. The van der Waals surface area contributed by atoms with E-state index < -0.39 is 0 Å². The maximum Gasteiger partial charge on any atom is 0.0121 e. The molecule has 0 aromatic carbocycles. The zero-order valence-electron chi connectivity index (χ0n) is 7.47. The average Bonchev–Trinajstić information content (AvgIpc) is 2.03. The second-order valence-corrected chi connectivity index (χ2v) is 2.71. The standard InChI is InChI=1S/C11H18/c1-3-5-7-9-11-10-8-6-4-2/h1,9,11H,4-8,10H2,2H3. The number of rotatable bonds is 6. The maximum absolute atomic E-state index is 5.11. The lowest BCUT2D eigenvalue weighted by molar-refractivity contribution is 0.728. The van der Waals surface area contributed by atoms with Gasteiger partial charge in [0.1, 0.15) is 0 Å². The van der Waals surface area contributed by atoms with Crippen LogP contribution in [0.2, 0.25) is 0 Å². The highest BCUT2D eigenvalue weighted by molar-refractivity contribution is 4.90. The molecule has 0 atom stereocenters. The lowest BCUT2D eigenvalue weighted by Crippen LogP contribution is -1.71. The maximum atomic E-state index is 5.11. The smallest absolute Gasteiger partial charge is 0.0121 e. The van der Waals surface area contributed by atoms with E-state index in [0.29, 0.717) is 0 Å². The minimum absolute atomic E-state index is 0.879. The van der Waals surface area contributed by atoms with Crippen LogP contribution in [0, 0.1) is 12.3 Å². The van der Waals surface area contributed by atoms with E-state index >= 15 is 0 Å². The van der Waals surface area contributed by atoms with Crippen molar-refractivity contribution in [2.24, 2.45) is 0 Å². The zero-order chi connectivity index (χ0) is 8.36. The molecule has 0 heterocycles. The Morgan fingerprint density at radius 2 is 1.91 bits per heavy atom. The van der Waals surface area contributed by atoms with Crippen molar-refractivity contribution >= 4 is 0 Å². The van der Waals surface area contributed by atoms with Crippen LogP contribution < -0.4 is 0 Å². The van der Waals surface area contributed by atoms with Crippen LogP contribution in [0.15, 0.2) is 12.2 Å². The molecule has 0 fully saturated rings. The van der Waals surface area contributed by atoms with Crippen molar-refractivity contribution in [1.82, 2.24) is 0 Å². The molecule has 0 nitrogen and oxygen atoms in total. The molecular formula is C11H18. The van der Waals surface area contributed by atoms with Crippen molar-refractivity contribution in [3.63, 3.8) is 0 Å². The van der Waals surface area contributed by atoms with Gasteiger partial charge in [0.05, 0.1) is 0 Å². The summed E-state index contributed by atoms with van der Waals surface area (Å²) in [4.78, 5) is 0. The Morgan fingerprint density at radius 1 is 1.18 bits per heavy atom. The predicted octanol–water partition coefficient (Wildman–Crippen LogP) is 3.54. The van der Waals surface area contributed by atoms with Gasteiger partial charge in [0.15, 0.2) is 0 Å². The Morgan fingerprint density at radius 3 is 2.55 bits per heavy atom. The van der Waals surface area contributed by atoms with Gasteiger partial charge in [0.2, 0.25) is 0 Å². The summed E-state index contributed by atoms with van der Waals surface area (Å²) in [7, 11) is 0. The van der Waals surface area contributed by atoms with Crippen LogP contribution in [0.5, 0.6) is 0 Å². The van der Waals surface area contributed by atoms with Gasteiger partial charge in [0, 0.05) is 6.42 Å². The van der Waals surface area contributed by atoms with E-state index in [1.165, 1.54) is 25.7 Å². The van der Waals surface area contributed by atoms with E-state index in [2.05, 4.69) is 25.0 Å². The topological polar surface area (TPSA) is 0 Å². The molecule has 0 amide bonds. The Kier molecular flexibility index (Phi) is 8.71. The van der Waals surface area contributed by atoms with Crippen LogP contribution >= 0.6 is 0 Å². The molecule has 0 aromatic heterocycles. The molecule has 62 valence electrons. The summed E-state index contributed by atoms with van der Waals surface area (Å²) < 4.78 is 0. The highest BCUT2D eigenvalue weighted by atomic mass is 13.9. The fourth-order valence-electron chi connectivity index (χ4n) is 0.915. The van der Waals surface area contributed by atoms with Crippen LogP contribution in [-0.4, -0.2) is 0 Å². The lowest BCUT2D eigenvalue weighted by Gasteiger charge is -1.90. The molecule has 0 aromatic rings. The molecule has 0 radical (unpaired) electrons. The van der Waals surface area contributed by atoms with Gasteiger partial charge in [-0.15, -0.1) is 12.3 Å². The molecule has 0 unspecified atom stereocenters. The second kappa shape index (κ2) is 9.30. The van der Waals surface area contributed by atoms with Crippen molar-refractivity contribution in [3.05, 3.63) is 12.2 Å². The molecule has 0 saturated heterocycles. The first-order valence-corrected chi connectivity index (χ1v) is 4.50. The van der Waals surface area contributed by atoms with Crippen molar-refractivity contribution in [1.29, 1.82) is 0 Å². The van der Waals surface area contributed by atoms with Gasteiger partial charge in [-0.1, -0.05) is 31.9 Å². The zero-order valence-corrected chi connectivity index (χ0v) is 7.47. The second-order valence-electron chi connectivity index (χ2n) is 2.71. The molecule has 11 heavy (non-hydrogen) atoms. The van der Waals surface area contributed by atoms with Gasteiger partial charge in [-0.05, 0) is 19.3 Å². The van der Waals surface area contributed by atoms with Gasteiger partial charge in [-0.3, -0.25) is 0 Å². The fourth-order valence-corrected chi connectivity index (χ4v) is 0.915. The summed E-state index contributed by atoms with van der Waals surface area (Å²) in [6.07, 6.45) is 16.7. The van der Waals surface area contributed by atoms with Crippen molar-refractivity contribution in [2.45, 2.75) is 45.4 Å². The third kappa shape index (κ3) is 9.30. The van der Waals surface area contributed by atoms with Crippen LogP contribution in [0.4, 0.5) is 0 Å². The van der Waals surface area contributed by atoms with E-state index in [0.717, 1.165) is 12.8 Å². The van der Waals surface area contributed by atoms with Gasteiger partial charge >= 0.3 is 0 Å². The molecule has 0 N–H and O–H groups in total. The SMILES string of the molecule is C#CCCC=CCCCCC. The molecule has 0 spiro atoms. The van der Waals surface area contributed by atoms with E-state index in [1.807, 2.05) is 0 Å². The first kappa shape index (κ1) is 10.3. The lowest BCUT2D eigenvalue weighted by atomic mass is 10.2. The number of hydrogen-bond acceptors (Lipinski definition) is 0. The Hall–Kier alpha value is -0.700. The summed E-state index contributed by atoms with van der Waals surface area (Å²) in [6, 6.07) is 0. The van der Waals surface area contributed by atoms with E-state index in [9.17, 15) is 0 Å². The van der Waals surface area contributed by atoms with Crippen LogP contribution in [0.3, 0.4) is 0 Å². The number of unbranched alkanes of at least 4 members (excludes halogenated alkanes) is 4. The van der Waals surface area contributed by atoms with Crippen molar-refractivity contribution < 1.29 is 0 Å². The van der Waals surface area contributed by atoms with Crippen LogP contribution in [0.1, 0.15) is 45.4 Å². The van der Waals surface area contributed by atoms with Crippen molar-refractivity contribution in [3.8, 4) is 12.3 Å². The monoisotopic (exact) mass is 150 g/mol. The Bertz CT molecular complexity index is 125. The summed E-state index contributed by atoms with van der Waals surface area (Å²) >= 11 is 0. The molecule has 0 rings (SSSR count). The normalized spacial score (nSPS) is 10.2. The van der Waals surface area contributed by atoms with Crippen molar-refractivity contribution in [2.75, 3.05) is 0 Å². The van der Waals surface area contributed by atoms with E-state index in [1.54, 1.807) is 0 Å². The third-order valence-corrected chi connectivity index (χ3v) is 1.60. The van der Waals surface area contributed by atoms with E-state index in [4.69, 9.17) is 6.42 Å². The minimum Gasteiger partial charge on any atom is -0.120 e.